The van der Waals surface area contributed by atoms with Crippen molar-refractivity contribution in [3.8, 4) is 5.75 Å². The fraction of sp³-hybridized carbons (Fsp3) is 0.333. The predicted molar refractivity (Wildman–Crippen MR) is 94.8 cm³/mol. The lowest BCUT2D eigenvalue weighted by molar-refractivity contribution is 0.469. The Morgan fingerprint density at radius 1 is 1.14 bits per heavy atom. The summed E-state index contributed by atoms with van der Waals surface area (Å²) in [4.78, 5) is -0.753. The van der Waals surface area contributed by atoms with Crippen LogP contribution in [0.25, 0.3) is 0 Å². The van der Waals surface area contributed by atoms with Gasteiger partial charge in [0.15, 0.2) is 0 Å². The maximum absolute atomic E-state index is 9.84. The number of halogens is 2. The summed E-state index contributed by atoms with van der Waals surface area (Å²) >= 11 is 13.5. The normalized spacial score (nSPS) is 14.1. The molecule has 2 rings (SSSR count). The Balaban J connectivity index is 2.64. The van der Waals surface area contributed by atoms with Crippen LogP contribution in [0.5, 0.6) is 5.75 Å². The molecule has 0 radical (unpaired) electrons. The van der Waals surface area contributed by atoms with Gasteiger partial charge in [-0.2, -0.15) is 0 Å². The summed E-state index contributed by atoms with van der Waals surface area (Å²) in [5.74, 6) is 0.551. The monoisotopic (exact) mass is 337 g/mol. The molecule has 0 saturated heterocycles. The Morgan fingerprint density at radius 3 is 2.27 bits per heavy atom. The topological polar surface area (TPSA) is 46.2 Å². The average molecular weight is 338 g/mol. The first-order chi connectivity index (χ1) is 10.3. The molecule has 0 aromatic heterocycles. The third kappa shape index (κ3) is 3.18. The van der Waals surface area contributed by atoms with Gasteiger partial charge in [0.2, 0.25) is 0 Å². The molecule has 2 nitrogen and oxygen atoms in total. The Morgan fingerprint density at radius 2 is 1.73 bits per heavy atom. The lowest BCUT2D eigenvalue weighted by Crippen LogP contribution is -2.23. The van der Waals surface area contributed by atoms with Crippen molar-refractivity contribution in [3.05, 3.63) is 58.1 Å². The van der Waals surface area contributed by atoms with Crippen molar-refractivity contribution in [2.45, 2.75) is 32.1 Å². The average Bonchev–Trinajstić information content (AvgIpc) is 2.44. The summed E-state index contributed by atoms with van der Waals surface area (Å²) in [5, 5.41) is 10.3. The van der Waals surface area contributed by atoms with E-state index in [9.17, 15) is 5.11 Å². The third-order valence-corrected chi connectivity index (χ3v) is 4.91. The molecule has 0 aliphatic rings. The zero-order chi connectivity index (χ0) is 16.5. The van der Waals surface area contributed by atoms with Crippen LogP contribution in [0.15, 0.2) is 36.4 Å². The van der Waals surface area contributed by atoms with Crippen LogP contribution < -0.4 is 5.73 Å². The van der Waals surface area contributed by atoms with Gasteiger partial charge in [0.05, 0.1) is 9.90 Å². The quantitative estimate of drug-likeness (QED) is 0.574. The van der Waals surface area contributed by atoms with Crippen LogP contribution in [0.1, 0.15) is 37.0 Å². The molecule has 0 aliphatic heterocycles. The zero-order valence-corrected chi connectivity index (χ0v) is 14.5. The summed E-state index contributed by atoms with van der Waals surface area (Å²) in [6.45, 7) is 6.03. The minimum atomic E-state index is -0.753. The lowest BCUT2D eigenvalue weighted by atomic mass is 9.83. The Labute approximate surface area is 141 Å². The maximum Gasteiger partial charge on any atom is 0.119 e. The number of aromatic hydroxyl groups is 1. The largest absolute Gasteiger partial charge is 0.508 e. The van der Waals surface area contributed by atoms with Crippen molar-refractivity contribution in [3.63, 3.8) is 0 Å². The van der Waals surface area contributed by atoms with Gasteiger partial charge in [-0.1, -0.05) is 43.6 Å². The highest BCUT2D eigenvalue weighted by Crippen LogP contribution is 2.46. The molecule has 0 aliphatic carbocycles. The molecule has 0 heterocycles. The van der Waals surface area contributed by atoms with E-state index >= 15 is 0 Å². The summed E-state index contributed by atoms with van der Waals surface area (Å²) in [5.41, 5.74) is 8.88. The van der Waals surface area contributed by atoms with E-state index in [2.05, 4.69) is 13.8 Å². The standard InChI is InChI=1S/C18H21Cl2NO/c1-11(2)10-18(20,13-4-6-14(21)7-5-13)15-8-9-16(22)12(3)17(15)19/h4-9,11,22H,10,21H2,1-3H3. The first-order valence-corrected chi connectivity index (χ1v) is 8.04. The van der Waals surface area contributed by atoms with E-state index in [1.54, 1.807) is 19.1 Å². The Kier molecular flexibility index (Phi) is 4.93. The molecule has 2 aromatic rings. The second-order valence-electron chi connectivity index (χ2n) is 6.09. The van der Waals surface area contributed by atoms with E-state index in [1.165, 1.54) is 0 Å². The Bertz CT molecular complexity index is 668. The zero-order valence-electron chi connectivity index (χ0n) is 13.0. The number of alkyl halides is 1. The maximum atomic E-state index is 9.84. The van der Waals surface area contributed by atoms with Crippen LogP contribution in [0.3, 0.4) is 0 Å². The van der Waals surface area contributed by atoms with Crippen LogP contribution in [0.4, 0.5) is 5.69 Å². The molecule has 0 bridgehead atoms. The van der Waals surface area contributed by atoms with Crippen LogP contribution in [0.2, 0.25) is 5.02 Å². The number of nitrogens with two attached hydrogens (primary N) is 1. The van der Waals surface area contributed by atoms with Crippen molar-refractivity contribution in [1.82, 2.24) is 0 Å². The van der Waals surface area contributed by atoms with Crippen molar-refractivity contribution in [2.24, 2.45) is 5.92 Å². The highest BCUT2D eigenvalue weighted by molar-refractivity contribution is 6.34. The minimum Gasteiger partial charge on any atom is -0.508 e. The van der Waals surface area contributed by atoms with Crippen molar-refractivity contribution in [1.29, 1.82) is 0 Å². The van der Waals surface area contributed by atoms with E-state index in [0.717, 1.165) is 17.5 Å². The molecule has 3 N–H and O–H groups in total. The van der Waals surface area contributed by atoms with Crippen LogP contribution in [-0.4, -0.2) is 5.11 Å². The van der Waals surface area contributed by atoms with Crippen molar-refractivity contribution in [2.75, 3.05) is 5.73 Å². The second-order valence-corrected chi connectivity index (χ2v) is 7.12. The smallest absolute Gasteiger partial charge is 0.119 e. The molecule has 0 amide bonds. The molecule has 2 aromatic carbocycles. The highest BCUT2D eigenvalue weighted by atomic mass is 35.5. The van der Waals surface area contributed by atoms with Gasteiger partial charge >= 0.3 is 0 Å². The van der Waals surface area contributed by atoms with Gasteiger partial charge in [0, 0.05) is 11.3 Å². The Hall–Kier alpha value is -1.38. The van der Waals surface area contributed by atoms with Crippen molar-refractivity contribution < 1.29 is 5.11 Å². The van der Waals surface area contributed by atoms with E-state index < -0.39 is 4.87 Å². The lowest BCUT2D eigenvalue weighted by Gasteiger charge is -2.31. The molecule has 0 spiro atoms. The molecule has 1 unspecified atom stereocenters. The van der Waals surface area contributed by atoms with E-state index in [1.807, 2.05) is 24.3 Å². The van der Waals surface area contributed by atoms with E-state index in [-0.39, 0.29) is 5.75 Å². The number of hydrogen-bond donors (Lipinski definition) is 2. The number of nitrogen functional groups attached to an aromatic ring is 1. The SMILES string of the molecule is Cc1c(O)ccc(C(Cl)(CC(C)C)c2ccc(N)cc2)c1Cl. The summed E-state index contributed by atoms with van der Waals surface area (Å²) in [6.07, 6.45) is 0.725. The summed E-state index contributed by atoms with van der Waals surface area (Å²) in [6, 6.07) is 11.0. The van der Waals surface area contributed by atoms with Gasteiger partial charge < -0.3 is 10.8 Å². The van der Waals surface area contributed by atoms with Crippen LogP contribution in [0, 0.1) is 12.8 Å². The number of hydrogen-bond acceptors (Lipinski definition) is 2. The molecular weight excluding hydrogens is 317 g/mol. The molecule has 1 atom stereocenters. The number of rotatable bonds is 4. The molecule has 118 valence electrons. The first-order valence-electron chi connectivity index (χ1n) is 7.29. The van der Waals surface area contributed by atoms with Gasteiger partial charge in [0.25, 0.3) is 0 Å². The highest BCUT2D eigenvalue weighted by Gasteiger charge is 2.35. The first kappa shape index (κ1) is 17.0. The third-order valence-electron chi connectivity index (χ3n) is 3.84. The number of benzene rings is 2. The van der Waals surface area contributed by atoms with Crippen molar-refractivity contribution >= 4 is 28.9 Å². The summed E-state index contributed by atoms with van der Waals surface area (Å²) < 4.78 is 0. The second kappa shape index (κ2) is 6.39. The molecule has 22 heavy (non-hydrogen) atoms. The van der Waals surface area contributed by atoms with E-state index in [0.29, 0.717) is 22.2 Å². The molecule has 4 heteroatoms. The van der Waals surface area contributed by atoms with E-state index in [4.69, 9.17) is 28.9 Å². The fourth-order valence-corrected chi connectivity index (χ4v) is 3.64. The minimum absolute atomic E-state index is 0.176. The summed E-state index contributed by atoms with van der Waals surface area (Å²) in [7, 11) is 0. The molecule has 0 saturated carbocycles. The van der Waals surface area contributed by atoms with Gasteiger partial charge in [0.1, 0.15) is 5.75 Å². The fourth-order valence-electron chi connectivity index (χ4n) is 2.67. The van der Waals surface area contributed by atoms with Crippen LogP contribution in [-0.2, 0) is 4.87 Å². The predicted octanol–water partition coefficient (Wildman–Crippen LogP) is 5.46. The molecule has 0 fully saturated rings. The number of anilines is 1. The number of phenols is 1. The van der Waals surface area contributed by atoms with Gasteiger partial charge in [-0.25, -0.2) is 0 Å². The number of phenolic OH excluding ortho intramolecular Hbond substituents is 1. The van der Waals surface area contributed by atoms with Gasteiger partial charge in [-0.3, -0.25) is 0 Å². The van der Waals surface area contributed by atoms with Crippen LogP contribution >= 0.6 is 23.2 Å². The van der Waals surface area contributed by atoms with Gasteiger partial charge in [-0.15, -0.1) is 11.6 Å². The molecular formula is C18H21Cl2NO. The van der Waals surface area contributed by atoms with Gasteiger partial charge in [-0.05, 0) is 48.6 Å².